The van der Waals surface area contributed by atoms with E-state index in [1.54, 1.807) is 53.4 Å². The Labute approximate surface area is 222 Å². The molecule has 0 bridgehead atoms. The predicted octanol–water partition coefficient (Wildman–Crippen LogP) is 5.14. The van der Waals surface area contributed by atoms with Gasteiger partial charge in [0.15, 0.2) is 0 Å². The van der Waals surface area contributed by atoms with Crippen molar-refractivity contribution in [1.82, 2.24) is 4.90 Å². The monoisotopic (exact) mass is 533 g/mol. The number of rotatable bonds is 6. The molecule has 36 heavy (non-hydrogen) atoms. The van der Waals surface area contributed by atoms with Crippen molar-refractivity contribution in [3.8, 4) is 0 Å². The number of thiocarbonyl (C=S) groups is 1. The van der Waals surface area contributed by atoms with Gasteiger partial charge in [-0.15, -0.1) is 0 Å². The summed E-state index contributed by atoms with van der Waals surface area (Å²) < 4.78 is 0.419. The summed E-state index contributed by atoms with van der Waals surface area (Å²) >= 11 is 12.5. The van der Waals surface area contributed by atoms with Crippen molar-refractivity contribution in [2.24, 2.45) is 0 Å². The molecule has 2 aliphatic rings. The highest BCUT2D eigenvalue weighted by atomic mass is 35.5. The van der Waals surface area contributed by atoms with Crippen LogP contribution < -0.4 is 10.2 Å². The lowest BCUT2D eigenvalue weighted by Gasteiger charge is -2.17. The second-order valence-corrected chi connectivity index (χ2v) is 10.3. The zero-order valence-corrected chi connectivity index (χ0v) is 21.3. The summed E-state index contributed by atoms with van der Waals surface area (Å²) in [6.45, 7) is 0.227. The Morgan fingerprint density at radius 1 is 0.889 bits per heavy atom. The minimum Gasteiger partial charge on any atom is -0.325 e. The van der Waals surface area contributed by atoms with Crippen molar-refractivity contribution >= 4 is 74.6 Å². The van der Waals surface area contributed by atoms with Crippen LogP contribution in [0.5, 0.6) is 0 Å². The largest absolute Gasteiger partial charge is 0.325 e. The van der Waals surface area contributed by atoms with Crippen LogP contribution in [0.15, 0.2) is 83.8 Å². The van der Waals surface area contributed by atoms with Crippen LogP contribution in [-0.4, -0.2) is 40.0 Å². The molecule has 0 saturated carbocycles. The Kier molecular flexibility index (Phi) is 6.91. The maximum Gasteiger partial charge on any atom is 0.267 e. The van der Waals surface area contributed by atoms with Crippen LogP contribution in [0, 0.1) is 0 Å². The maximum atomic E-state index is 13.6. The van der Waals surface area contributed by atoms with E-state index < -0.39 is 5.91 Å². The lowest BCUT2D eigenvalue weighted by Crippen LogP contribution is -2.35. The Bertz CT molecular complexity index is 1410. The first kappa shape index (κ1) is 24.2. The van der Waals surface area contributed by atoms with Crippen molar-refractivity contribution in [3.05, 3.63) is 99.9 Å². The lowest BCUT2D eigenvalue weighted by molar-refractivity contribution is -0.122. The van der Waals surface area contributed by atoms with Gasteiger partial charge >= 0.3 is 0 Å². The second-order valence-electron chi connectivity index (χ2n) is 8.23. The summed E-state index contributed by atoms with van der Waals surface area (Å²) in [5.41, 5.74) is 3.15. The summed E-state index contributed by atoms with van der Waals surface area (Å²) in [5.74, 6) is -1.05. The molecule has 0 aliphatic carbocycles. The number of para-hydroxylation sites is 1. The molecule has 1 saturated heterocycles. The average Bonchev–Trinajstić information content (AvgIpc) is 3.31. The fraction of sp³-hybridized carbons (Fsp3) is 0.111. The highest BCUT2D eigenvalue weighted by Crippen LogP contribution is 2.44. The van der Waals surface area contributed by atoms with Gasteiger partial charge < -0.3 is 5.32 Å². The van der Waals surface area contributed by atoms with Crippen LogP contribution in [0.2, 0.25) is 5.02 Å². The van der Waals surface area contributed by atoms with E-state index in [9.17, 15) is 14.4 Å². The van der Waals surface area contributed by atoms with E-state index in [1.165, 1.54) is 4.90 Å². The van der Waals surface area contributed by atoms with Gasteiger partial charge in [0.05, 0.1) is 16.2 Å². The lowest BCUT2D eigenvalue weighted by atomic mass is 10.1. The minimum atomic E-state index is -0.397. The highest BCUT2D eigenvalue weighted by molar-refractivity contribution is 8.26. The summed E-state index contributed by atoms with van der Waals surface area (Å²) in [6, 6.07) is 23.7. The number of thioether (sulfide) groups is 1. The molecule has 0 aromatic heterocycles. The summed E-state index contributed by atoms with van der Waals surface area (Å²) in [7, 11) is 0. The van der Waals surface area contributed by atoms with Gasteiger partial charge in [-0.2, -0.15) is 0 Å². The number of benzene rings is 3. The summed E-state index contributed by atoms with van der Waals surface area (Å²) in [4.78, 5) is 42.9. The average molecular weight is 534 g/mol. The highest BCUT2D eigenvalue weighted by Gasteiger charge is 2.42. The molecule has 180 valence electrons. The summed E-state index contributed by atoms with van der Waals surface area (Å²) in [5, 5.41) is 3.34. The molecule has 3 aromatic carbocycles. The summed E-state index contributed by atoms with van der Waals surface area (Å²) in [6.07, 6.45) is 0.650. The third-order valence-corrected chi connectivity index (χ3v) is 7.60. The maximum absolute atomic E-state index is 13.6. The smallest absolute Gasteiger partial charge is 0.267 e. The van der Waals surface area contributed by atoms with Gasteiger partial charge in [0.25, 0.3) is 11.8 Å². The Morgan fingerprint density at radius 2 is 1.58 bits per heavy atom. The second kappa shape index (κ2) is 10.3. The van der Waals surface area contributed by atoms with Crippen LogP contribution in [-0.2, 0) is 20.8 Å². The van der Waals surface area contributed by atoms with Crippen molar-refractivity contribution in [1.29, 1.82) is 0 Å². The molecule has 2 aliphatic heterocycles. The van der Waals surface area contributed by atoms with Gasteiger partial charge in [0.1, 0.15) is 10.9 Å². The molecule has 0 atom stereocenters. The fourth-order valence-corrected chi connectivity index (χ4v) is 5.67. The number of hydrogen-bond donors (Lipinski definition) is 1. The van der Waals surface area contributed by atoms with Gasteiger partial charge in [-0.05, 0) is 42.3 Å². The van der Waals surface area contributed by atoms with Gasteiger partial charge in [-0.25, -0.2) is 0 Å². The topological polar surface area (TPSA) is 69.7 Å². The zero-order chi connectivity index (χ0) is 25.2. The Balaban J connectivity index is 1.39. The number of carbonyl (C=O) groups excluding carboxylic acids is 3. The van der Waals surface area contributed by atoms with E-state index in [-0.39, 0.29) is 23.9 Å². The zero-order valence-electron chi connectivity index (χ0n) is 18.9. The first-order chi connectivity index (χ1) is 17.4. The quantitative estimate of drug-likeness (QED) is 0.351. The number of nitrogens with one attached hydrogen (secondary N) is 1. The predicted molar refractivity (Wildman–Crippen MR) is 148 cm³/mol. The van der Waals surface area contributed by atoms with E-state index in [0.717, 1.165) is 17.3 Å². The third-order valence-electron chi connectivity index (χ3n) is 5.90. The van der Waals surface area contributed by atoms with E-state index in [1.807, 2.05) is 30.3 Å². The normalized spacial score (nSPS) is 17.1. The van der Waals surface area contributed by atoms with Crippen LogP contribution in [0.3, 0.4) is 0 Å². The molecule has 6 nitrogen and oxygen atoms in total. The molecule has 1 N–H and O–H groups in total. The number of halogens is 1. The van der Waals surface area contributed by atoms with Crippen LogP contribution in [0.25, 0.3) is 5.57 Å². The molecule has 0 unspecified atom stereocenters. The van der Waals surface area contributed by atoms with E-state index in [0.29, 0.717) is 44.2 Å². The molecule has 3 amide bonds. The van der Waals surface area contributed by atoms with Gasteiger partial charge in [0, 0.05) is 22.8 Å². The molecule has 3 aromatic rings. The molecule has 0 radical (unpaired) electrons. The number of fused-ring (bicyclic) bond motifs is 1. The Hall–Kier alpha value is -3.46. The van der Waals surface area contributed by atoms with Crippen molar-refractivity contribution in [3.63, 3.8) is 0 Å². The molecule has 0 spiro atoms. The Morgan fingerprint density at radius 3 is 2.33 bits per heavy atom. The molecule has 1 fully saturated rings. The van der Waals surface area contributed by atoms with Crippen molar-refractivity contribution < 1.29 is 14.4 Å². The third kappa shape index (κ3) is 4.80. The van der Waals surface area contributed by atoms with Crippen LogP contribution in [0.1, 0.15) is 11.1 Å². The first-order valence-corrected chi connectivity index (χ1v) is 12.8. The number of nitrogens with zero attached hydrogens (tertiary/aromatic N) is 2. The van der Waals surface area contributed by atoms with Gasteiger partial charge in [-0.1, -0.05) is 84.1 Å². The van der Waals surface area contributed by atoms with Crippen molar-refractivity contribution in [2.75, 3.05) is 23.3 Å². The van der Waals surface area contributed by atoms with Crippen LogP contribution in [0.4, 0.5) is 11.4 Å². The number of amides is 3. The van der Waals surface area contributed by atoms with Gasteiger partial charge in [-0.3, -0.25) is 24.2 Å². The fourth-order valence-electron chi connectivity index (χ4n) is 4.16. The molecule has 5 rings (SSSR count). The SMILES string of the molecule is O=C(CN1C(=O)C(=C2SC(=S)N(CCc3ccccc3)C2=O)c2ccccc21)Nc1ccc(Cl)cc1. The molecular formula is C27H20ClN3O3S2. The molecule has 2 heterocycles. The van der Waals surface area contributed by atoms with Crippen LogP contribution >= 0.6 is 35.6 Å². The van der Waals surface area contributed by atoms with E-state index in [4.69, 9.17) is 23.8 Å². The number of hydrogen-bond acceptors (Lipinski definition) is 5. The molecular weight excluding hydrogens is 514 g/mol. The number of anilines is 2. The van der Waals surface area contributed by atoms with Gasteiger partial charge in [0.2, 0.25) is 5.91 Å². The van der Waals surface area contributed by atoms with E-state index in [2.05, 4.69) is 5.32 Å². The first-order valence-electron chi connectivity index (χ1n) is 11.2. The molecule has 9 heteroatoms. The standard InChI is InChI=1S/C27H20ClN3O3S2/c28-18-10-12-19(13-11-18)29-22(32)16-31-21-9-5-4-8-20(21)23(25(31)33)24-26(34)30(27(35)36-24)15-14-17-6-2-1-3-7-17/h1-13H,14-16H2,(H,29,32). The number of carbonyl (C=O) groups is 3. The minimum absolute atomic E-state index is 0.198. The van der Waals surface area contributed by atoms with E-state index >= 15 is 0 Å². The van der Waals surface area contributed by atoms with Crippen molar-refractivity contribution in [2.45, 2.75) is 6.42 Å².